The van der Waals surface area contributed by atoms with Gasteiger partial charge in [-0.05, 0) is 30.2 Å². The number of ether oxygens (including phenoxy) is 3. The Morgan fingerprint density at radius 3 is 2.50 bits per heavy atom. The van der Waals surface area contributed by atoms with Crippen LogP contribution in [0.4, 0.5) is 0 Å². The predicted molar refractivity (Wildman–Crippen MR) is 87.5 cm³/mol. The van der Waals surface area contributed by atoms with E-state index < -0.39 is 0 Å². The maximum atomic E-state index is 6.44. The van der Waals surface area contributed by atoms with Crippen molar-refractivity contribution in [1.82, 2.24) is 0 Å². The molecule has 118 valence electrons. The zero-order chi connectivity index (χ0) is 15.8. The fourth-order valence-electron chi connectivity index (χ4n) is 2.03. The minimum atomic E-state index is 0.133. The summed E-state index contributed by atoms with van der Waals surface area (Å²) >= 11 is 6.44. The first kappa shape index (κ1) is 16.6. The van der Waals surface area contributed by atoms with E-state index in [1.165, 1.54) is 0 Å². The lowest BCUT2D eigenvalue weighted by Crippen LogP contribution is -2.07. The van der Waals surface area contributed by atoms with E-state index in [4.69, 9.17) is 31.5 Å². The molecule has 0 amide bonds. The van der Waals surface area contributed by atoms with E-state index in [9.17, 15) is 0 Å². The number of hydrogen-bond acceptors (Lipinski definition) is 4. The predicted octanol–water partition coefficient (Wildman–Crippen LogP) is 3.40. The van der Waals surface area contributed by atoms with E-state index >= 15 is 0 Å². The van der Waals surface area contributed by atoms with Crippen LogP contribution in [0.2, 0.25) is 5.02 Å². The summed E-state index contributed by atoms with van der Waals surface area (Å²) in [6, 6.07) is 13.6. The summed E-state index contributed by atoms with van der Waals surface area (Å²) in [5.74, 6) is 1.08. The van der Waals surface area contributed by atoms with Crippen molar-refractivity contribution in [3.63, 3.8) is 0 Å². The molecule has 5 heteroatoms. The van der Waals surface area contributed by atoms with E-state index in [1.807, 2.05) is 42.5 Å². The van der Waals surface area contributed by atoms with Crippen LogP contribution in [0.15, 0.2) is 42.5 Å². The molecule has 0 saturated carbocycles. The third-order valence-electron chi connectivity index (χ3n) is 3.11. The summed E-state index contributed by atoms with van der Waals surface area (Å²) in [6.45, 7) is 1.07. The summed E-state index contributed by atoms with van der Waals surface area (Å²) in [5, 5.41) is 0.537. The molecule has 22 heavy (non-hydrogen) atoms. The van der Waals surface area contributed by atoms with Crippen LogP contribution in [0.25, 0.3) is 0 Å². The molecule has 2 aromatic rings. The number of rotatable bonds is 8. The van der Waals surface area contributed by atoms with Crippen LogP contribution < -0.4 is 15.2 Å². The van der Waals surface area contributed by atoms with Gasteiger partial charge in [-0.15, -0.1) is 0 Å². The first-order chi connectivity index (χ1) is 10.8. The van der Waals surface area contributed by atoms with Crippen LogP contribution in [0.3, 0.4) is 0 Å². The van der Waals surface area contributed by atoms with Gasteiger partial charge in [-0.1, -0.05) is 48.0 Å². The molecule has 2 rings (SSSR count). The Labute approximate surface area is 135 Å². The molecule has 0 radical (unpaired) electrons. The first-order valence-corrected chi connectivity index (χ1v) is 7.44. The largest absolute Gasteiger partial charge is 0.483 e. The topological polar surface area (TPSA) is 53.7 Å². The quantitative estimate of drug-likeness (QED) is 0.757. The lowest BCUT2D eigenvalue weighted by atomic mass is 10.1. The second kappa shape index (κ2) is 8.63. The maximum absolute atomic E-state index is 6.44. The highest BCUT2D eigenvalue weighted by Crippen LogP contribution is 2.38. The Kier molecular flexibility index (Phi) is 6.52. The Bertz CT molecular complexity index is 590. The molecule has 0 aromatic heterocycles. The van der Waals surface area contributed by atoms with Crippen LogP contribution >= 0.6 is 11.6 Å². The highest BCUT2D eigenvalue weighted by atomic mass is 35.5. The minimum absolute atomic E-state index is 0.133. The van der Waals surface area contributed by atoms with E-state index in [-0.39, 0.29) is 6.79 Å². The molecular formula is C17H20ClNO3. The standard InChI is InChI=1S/C17H20ClNO3/c1-20-12-22-15-8-7-14(9-10-19)16(18)17(15)21-11-13-5-3-2-4-6-13/h2-8H,9-12,19H2,1H3. The summed E-state index contributed by atoms with van der Waals surface area (Å²) < 4.78 is 16.4. The summed E-state index contributed by atoms with van der Waals surface area (Å²) in [5.41, 5.74) is 7.61. The monoisotopic (exact) mass is 321 g/mol. The zero-order valence-corrected chi connectivity index (χ0v) is 13.3. The molecule has 0 aliphatic rings. The number of halogens is 1. The molecule has 2 aromatic carbocycles. The van der Waals surface area contributed by atoms with Crippen molar-refractivity contribution in [3.05, 3.63) is 58.6 Å². The van der Waals surface area contributed by atoms with E-state index in [0.717, 1.165) is 11.1 Å². The first-order valence-electron chi connectivity index (χ1n) is 7.06. The van der Waals surface area contributed by atoms with Gasteiger partial charge in [0.1, 0.15) is 6.61 Å². The Balaban J connectivity index is 2.22. The number of benzene rings is 2. The second-order valence-electron chi connectivity index (χ2n) is 4.73. The number of methoxy groups -OCH3 is 1. The van der Waals surface area contributed by atoms with Gasteiger partial charge in [0.2, 0.25) is 0 Å². The molecule has 0 aliphatic carbocycles. The van der Waals surface area contributed by atoms with Crippen molar-refractivity contribution in [1.29, 1.82) is 0 Å². The molecule has 2 N–H and O–H groups in total. The zero-order valence-electron chi connectivity index (χ0n) is 12.5. The summed E-state index contributed by atoms with van der Waals surface area (Å²) in [6.07, 6.45) is 0.686. The van der Waals surface area contributed by atoms with Gasteiger partial charge in [0.05, 0.1) is 5.02 Å². The van der Waals surface area contributed by atoms with Gasteiger partial charge in [-0.3, -0.25) is 0 Å². The van der Waals surface area contributed by atoms with Crippen LogP contribution in [-0.4, -0.2) is 20.4 Å². The molecule has 0 atom stereocenters. The van der Waals surface area contributed by atoms with Gasteiger partial charge in [-0.25, -0.2) is 0 Å². The van der Waals surface area contributed by atoms with Crippen molar-refractivity contribution in [2.45, 2.75) is 13.0 Å². The lowest BCUT2D eigenvalue weighted by Gasteiger charge is -2.16. The third-order valence-corrected chi connectivity index (χ3v) is 3.53. The SMILES string of the molecule is COCOc1ccc(CCN)c(Cl)c1OCc1ccccc1. The Morgan fingerprint density at radius 2 is 1.82 bits per heavy atom. The molecule has 0 fully saturated rings. The van der Waals surface area contributed by atoms with Gasteiger partial charge >= 0.3 is 0 Å². The van der Waals surface area contributed by atoms with Crippen molar-refractivity contribution in [2.24, 2.45) is 5.73 Å². The fraction of sp³-hybridized carbons (Fsp3) is 0.294. The van der Waals surface area contributed by atoms with Gasteiger partial charge in [0, 0.05) is 7.11 Å². The Hall–Kier alpha value is -1.75. The minimum Gasteiger partial charge on any atom is -0.483 e. The summed E-state index contributed by atoms with van der Waals surface area (Å²) in [7, 11) is 1.56. The van der Waals surface area contributed by atoms with Crippen molar-refractivity contribution in [3.8, 4) is 11.5 Å². The van der Waals surface area contributed by atoms with Crippen molar-refractivity contribution < 1.29 is 14.2 Å². The fourth-order valence-corrected chi connectivity index (χ4v) is 2.33. The highest BCUT2D eigenvalue weighted by molar-refractivity contribution is 6.33. The van der Waals surface area contributed by atoms with Crippen molar-refractivity contribution >= 4 is 11.6 Å². The smallest absolute Gasteiger partial charge is 0.188 e. The van der Waals surface area contributed by atoms with Gasteiger partial charge in [-0.2, -0.15) is 0 Å². The molecule has 0 unspecified atom stereocenters. The molecular weight excluding hydrogens is 302 g/mol. The van der Waals surface area contributed by atoms with E-state index in [0.29, 0.717) is 36.1 Å². The van der Waals surface area contributed by atoms with Gasteiger partial charge < -0.3 is 19.9 Å². The normalized spacial score (nSPS) is 10.5. The second-order valence-corrected chi connectivity index (χ2v) is 5.11. The maximum Gasteiger partial charge on any atom is 0.188 e. The molecule has 4 nitrogen and oxygen atoms in total. The van der Waals surface area contributed by atoms with Crippen LogP contribution in [0, 0.1) is 0 Å². The van der Waals surface area contributed by atoms with Crippen LogP contribution in [-0.2, 0) is 17.8 Å². The van der Waals surface area contributed by atoms with E-state index in [1.54, 1.807) is 7.11 Å². The lowest BCUT2D eigenvalue weighted by molar-refractivity contribution is 0.0484. The Morgan fingerprint density at radius 1 is 1.05 bits per heavy atom. The van der Waals surface area contributed by atoms with Gasteiger partial charge in [0.25, 0.3) is 0 Å². The number of hydrogen-bond donors (Lipinski definition) is 1. The average molecular weight is 322 g/mol. The third kappa shape index (κ3) is 4.37. The average Bonchev–Trinajstić information content (AvgIpc) is 2.55. The molecule has 0 spiro atoms. The molecule has 0 heterocycles. The summed E-state index contributed by atoms with van der Waals surface area (Å²) in [4.78, 5) is 0. The van der Waals surface area contributed by atoms with Crippen LogP contribution in [0.5, 0.6) is 11.5 Å². The molecule has 0 saturated heterocycles. The number of nitrogens with two attached hydrogens (primary N) is 1. The van der Waals surface area contributed by atoms with Gasteiger partial charge in [0.15, 0.2) is 18.3 Å². The molecule has 0 bridgehead atoms. The highest BCUT2D eigenvalue weighted by Gasteiger charge is 2.14. The van der Waals surface area contributed by atoms with E-state index in [2.05, 4.69) is 0 Å². The van der Waals surface area contributed by atoms with Crippen molar-refractivity contribution in [2.75, 3.05) is 20.4 Å². The molecule has 0 aliphatic heterocycles. The van der Waals surface area contributed by atoms with Crippen LogP contribution in [0.1, 0.15) is 11.1 Å².